The van der Waals surface area contributed by atoms with E-state index in [9.17, 15) is 4.39 Å². The molecule has 1 saturated heterocycles. The van der Waals surface area contributed by atoms with Gasteiger partial charge in [-0.1, -0.05) is 0 Å². The molecule has 146 valence electrons. The molecule has 0 spiro atoms. The second kappa shape index (κ2) is 8.12. The van der Waals surface area contributed by atoms with Crippen molar-refractivity contribution in [3.63, 3.8) is 0 Å². The average Bonchev–Trinajstić information content (AvgIpc) is 3.09. The third kappa shape index (κ3) is 4.07. The molecule has 0 atom stereocenters. The number of ether oxygens (including phenoxy) is 1. The van der Waals surface area contributed by atoms with Gasteiger partial charge in [0.25, 0.3) is 4.84 Å². The standard InChI is InChI=1S/C20H21FN4O2S/c1-26-18-8-6-17(7-9-18)24-12-10-23(11-13-24)14-25-20(28)27-19(22-25)15-2-4-16(21)5-3-15/h2-9H,10-14H2,1H3/p+1. The van der Waals surface area contributed by atoms with Gasteiger partial charge in [0.15, 0.2) is 6.67 Å². The Bertz CT molecular complexity index is 977. The molecule has 0 radical (unpaired) electrons. The summed E-state index contributed by atoms with van der Waals surface area (Å²) in [5.41, 5.74) is 1.92. The maximum absolute atomic E-state index is 13.1. The Morgan fingerprint density at radius 2 is 1.79 bits per heavy atom. The number of aromatic nitrogens is 2. The summed E-state index contributed by atoms with van der Waals surface area (Å²) >= 11 is 5.31. The third-order valence-corrected chi connectivity index (χ3v) is 5.27. The zero-order chi connectivity index (χ0) is 19.5. The topological polar surface area (TPSA) is 47.9 Å². The van der Waals surface area contributed by atoms with Crippen molar-refractivity contribution in [1.82, 2.24) is 9.78 Å². The predicted molar refractivity (Wildman–Crippen MR) is 107 cm³/mol. The van der Waals surface area contributed by atoms with Crippen LogP contribution in [0.3, 0.4) is 0 Å². The van der Waals surface area contributed by atoms with E-state index in [1.807, 2.05) is 12.1 Å². The van der Waals surface area contributed by atoms with Crippen LogP contribution in [0.5, 0.6) is 5.75 Å². The fourth-order valence-corrected chi connectivity index (χ4v) is 3.54. The van der Waals surface area contributed by atoms with Crippen LogP contribution in [0.4, 0.5) is 10.1 Å². The van der Waals surface area contributed by atoms with Crippen molar-refractivity contribution in [2.24, 2.45) is 0 Å². The number of nitrogens with one attached hydrogen (secondary N) is 1. The monoisotopic (exact) mass is 401 g/mol. The van der Waals surface area contributed by atoms with Crippen LogP contribution in [-0.2, 0) is 6.67 Å². The second-order valence-corrected chi connectivity index (χ2v) is 7.12. The Hall–Kier alpha value is -2.71. The molecule has 1 fully saturated rings. The summed E-state index contributed by atoms with van der Waals surface area (Å²) in [6.07, 6.45) is 0. The van der Waals surface area contributed by atoms with Crippen LogP contribution >= 0.6 is 12.2 Å². The van der Waals surface area contributed by atoms with E-state index >= 15 is 0 Å². The van der Waals surface area contributed by atoms with Gasteiger partial charge in [-0.3, -0.25) is 0 Å². The highest BCUT2D eigenvalue weighted by Crippen LogP contribution is 2.19. The lowest BCUT2D eigenvalue weighted by Crippen LogP contribution is -3.14. The van der Waals surface area contributed by atoms with Crippen molar-refractivity contribution < 1.29 is 18.4 Å². The van der Waals surface area contributed by atoms with E-state index in [1.165, 1.54) is 22.7 Å². The molecule has 0 saturated carbocycles. The molecule has 1 aliphatic heterocycles. The third-order valence-electron chi connectivity index (χ3n) is 4.98. The molecule has 0 unspecified atom stereocenters. The number of halogens is 1. The van der Waals surface area contributed by atoms with Gasteiger partial charge in [0.05, 0.1) is 33.3 Å². The highest BCUT2D eigenvalue weighted by atomic mass is 32.1. The molecular weight excluding hydrogens is 379 g/mol. The number of nitrogens with zero attached hydrogens (tertiary/aromatic N) is 3. The maximum atomic E-state index is 13.1. The number of rotatable bonds is 5. The number of quaternary nitrogens is 1. The molecule has 2 heterocycles. The van der Waals surface area contributed by atoms with E-state index in [0.29, 0.717) is 23.0 Å². The first-order valence-corrected chi connectivity index (χ1v) is 9.59. The maximum Gasteiger partial charge on any atom is 0.292 e. The fraction of sp³-hybridized carbons (Fsp3) is 0.300. The van der Waals surface area contributed by atoms with E-state index in [2.05, 4.69) is 22.1 Å². The summed E-state index contributed by atoms with van der Waals surface area (Å²) in [5.74, 6) is 0.993. The van der Waals surface area contributed by atoms with Gasteiger partial charge in [-0.05, 0) is 60.7 Å². The number of hydrogen-bond donors (Lipinski definition) is 1. The lowest BCUT2D eigenvalue weighted by Gasteiger charge is -2.33. The van der Waals surface area contributed by atoms with Crippen LogP contribution in [0.2, 0.25) is 0 Å². The molecule has 3 aromatic rings. The Kier molecular flexibility index (Phi) is 5.40. The summed E-state index contributed by atoms with van der Waals surface area (Å²) in [4.78, 5) is 4.10. The first-order valence-electron chi connectivity index (χ1n) is 9.19. The van der Waals surface area contributed by atoms with Gasteiger partial charge in [0.2, 0.25) is 5.89 Å². The summed E-state index contributed by atoms with van der Waals surface area (Å²) < 4.78 is 25.6. The van der Waals surface area contributed by atoms with Crippen LogP contribution in [0.25, 0.3) is 11.5 Å². The lowest BCUT2D eigenvalue weighted by molar-refractivity contribution is -0.924. The Morgan fingerprint density at radius 1 is 1.11 bits per heavy atom. The van der Waals surface area contributed by atoms with Gasteiger partial charge in [0, 0.05) is 11.3 Å². The average molecular weight is 401 g/mol. The summed E-state index contributed by atoms with van der Waals surface area (Å²) in [7, 11) is 1.67. The number of anilines is 1. The molecule has 1 aromatic heterocycles. The lowest BCUT2D eigenvalue weighted by atomic mass is 10.2. The van der Waals surface area contributed by atoms with Crippen LogP contribution in [0.1, 0.15) is 0 Å². The van der Waals surface area contributed by atoms with Crippen molar-refractivity contribution in [3.8, 4) is 17.2 Å². The van der Waals surface area contributed by atoms with E-state index in [0.717, 1.165) is 31.9 Å². The van der Waals surface area contributed by atoms with Gasteiger partial charge in [0.1, 0.15) is 11.6 Å². The van der Waals surface area contributed by atoms with Crippen molar-refractivity contribution in [3.05, 3.63) is 59.2 Å². The van der Waals surface area contributed by atoms with Crippen LogP contribution in [-0.4, -0.2) is 43.1 Å². The Labute approximate surface area is 167 Å². The number of methoxy groups -OCH3 is 1. The van der Waals surface area contributed by atoms with Crippen molar-refractivity contribution in [2.75, 3.05) is 38.2 Å². The first-order chi connectivity index (χ1) is 13.6. The molecule has 2 aromatic carbocycles. The van der Waals surface area contributed by atoms with E-state index in [-0.39, 0.29) is 5.82 Å². The molecule has 0 aliphatic carbocycles. The molecule has 8 heteroatoms. The fourth-order valence-electron chi connectivity index (χ4n) is 3.36. The Balaban J connectivity index is 1.38. The highest BCUT2D eigenvalue weighted by Gasteiger charge is 2.22. The smallest absolute Gasteiger partial charge is 0.292 e. The zero-order valence-corrected chi connectivity index (χ0v) is 16.4. The van der Waals surface area contributed by atoms with Gasteiger partial charge in [-0.15, -0.1) is 5.10 Å². The SMILES string of the molecule is COc1ccc(N2CC[NH+](Cn3nc(-c4ccc(F)cc4)oc3=S)CC2)cc1. The number of hydrogen-bond acceptors (Lipinski definition) is 5. The normalized spacial score (nSPS) is 15.0. The minimum atomic E-state index is -0.291. The van der Waals surface area contributed by atoms with E-state index in [1.54, 1.807) is 23.9 Å². The van der Waals surface area contributed by atoms with Gasteiger partial charge >= 0.3 is 0 Å². The highest BCUT2D eigenvalue weighted by molar-refractivity contribution is 7.71. The zero-order valence-electron chi connectivity index (χ0n) is 15.6. The quantitative estimate of drug-likeness (QED) is 0.666. The number of piperazine rings is 1. The van der Waals surface area contributed by atoms with Crippen LogP contribution < -0.4 is 14.5 Å². The second-order valence-electron chi connectivity index (χ2n) is 6.77. The molecule has 1 N–H and O–H groups in total. The van der Waals surface area contributed by atoms with Gasteiger partial charge in [-0.2, -0.15) is 4.68 Å². The van der Waals surface area contributed by atoms with Gasteiger partial charge < -0.3 is 19.0 Å². The summed E-state index contributed by atoms with van der Waals surface area (Å²) in [6.45, 7) is 4.52. The molecule has 6 nitrogen and oxygen atoms in total. The van der Waals surface area contributed by atoms with Crippen LogP contribution in [0, 0.1) is 10.7 Å². The molecule has 4 rings (SSSR count). The minimum absolute atomic E-state index is 0.291. The Morgan fingerprint density at radius 3 is 2.43 bits per heavy atom. The van der Waals surface area contributed by atoms with E-state index < -0.39 is 0 Å². The first kappa shape index (κ1) is 18.6. The molecule has 0 bridgehead atoms. The van der Waals surface area contributed by atoms with Crippen LogP contribution in [0.15, 0.2) is 52.9 Å². The van der Waals surface area contributed by atoms with Gasteiger partial charge in [-0.25, -0.2) is 4.39 Å². The largest absolute Gasteiger partial charge is 0.497 e. The molecular formula is C20H22FN4O2S+. The van der Waals surface area contributed by atoms with Crippen molar-refractivity contribution in [2.45, 2.75) is 6.67 Å². The molecule has 0 amide bonds. The summed E-state index contributed by atoms with van der Waals surface area (Å²) in [5, 5.41) is 4.48. The number of benzene rings is 2. The predicted octanol–water partition coefficient (Wildman–Crippen LogP) is 2.38. The minimum Gasteiger partial charge on any atom is -0.497 e. The molecule has 28 heavy (non-hydrogen) atoms. The van der Waals surface area contributed by atoms with E-state index in [4.69, 9.17) is 21.4 Å². The van der Waals surface area contributed by atoms with Crippen molar-refractivity contribution in [1.29, 1.82) is 0 Å². The molecule has 1 aliphatic rings. The van der Waals surface area contributed by atoms with Crippen molar-refractivity contribution >= 4 is 17.9 Å². The summed E-state index contributed by atoms with van der Waals surface area (Å²) in [6, 6.07) is 14.2.